The largest absolute Gasteiger partial charge is 0.490 e. The van der Waals surface area contributed by atoms with Gasteiger partial charge in [-0.3, -0.25) is 4.79 Å². The minimum absolute atomic E-state index is 0.237. The summed E-state index contributed by atoms with van der Waals surface area (Å²) >= 11 is 23.2. The van der Waals surface area contributed by atoms with E-state index in [4.69, 9.17) is 55.9 Å². The molecule has 0 amide bonds. The van der Waals surface area contributed by atoms with Crippen molar-refractivity contribution >= 4 is 51.6 Å². The molecule has 2 aromatic rings. The lowest BCUT2D eigenvalue weighted by atomic mass is 10.3. The van der Waals surface area contributed by atoms with Gasteiger partial charge in [0.25, 0.3) is 0 Å². The molecule has 0 saturated heterocycles. The van der Waals surface area contributed by atoms with E-state index in [1.165, 1.54) is 0 Å². The van der Waals surface area contributed by atoms with Crippen LogP contribution < -0.4 is 9.47 Å². The Morgan fingerprint density at radius 1 is 0.913 bits per heavy atom. The van der Waals surface area contributed by atoms with Gasteiger partial charge in [0.05, 0.1) is 11.6 Å². The monoisotopic (exact) mass is 392 g/mol. The zero-order chi connectivity index (χ0) is 16.8. The van der Waals surface area contributed by atoms with E-state index in [0.29, 0.717) is 45.3 Å². The summed E-state index contributed by atoms with van der Waals surface area (Å²) in [6, 6.07) is 9.90. The first-order valence-electron chi connectivity index (χ1n) is 6.69. The molecule has 3 nitrogen and oxygen atoms in total. The first kappa shape index (κ1) is 18.2. The molecule has 0 bridgehead atoms. The van der Waals surface area contributed by atoms with Gasteiger partial charge in [0.15, 0.2) is 11.5 Å². The van der Waals surface area contributed by atoms with Gasteiger partial charge in [0, 0.05) is 22.5 Å². The average molecular weight is 394 g/mol. The van der Waals surface area contributed by atoms with Crippen LogP contribution in [0.5, 0.6) is 17.2 Å². The van der Waals surface area contributed by atoms with Gasteiger partial charge in [0.1, 0.15) is 5.75 Å². The molecule has 0 radical (unpaired) electrons. The molecule has 2 aromatic carbocycles. The van der Waals surface area contributed by atoms with Crippen molar-refractivity contribution in [3.63, 3.8) is 0 Å². The second kappa shape index (κ2) is 8.65. The quantitative estimate of drug-likeness (QED) is 0.405. The molecule has 0 aromatic heterocycles. The Bertz CT molecular complexity index is 704. The van der Waals surface area contributed by atoms with Crippen LogP contribution in [0.2, 0.25) is 15.1 Å². The van der Waals surface area contributed by atoms with Crippen LogP contribution in [0.25, 0.3) is 0 Å². The van der Waals surface area contributed by atoms with Crippen molar-refractivity contribution in [2.24, 2.45) is 0 Å². The van der Waals surface area contributed by atoms with E-state index < -0.39 is 5.24 Å². The molecule has 0 aliphatic heterocycles. The molecule has 0 saturated carbocycles. The van der Waals surface area contributed by atoms with Gasteiger partial charge in [-0.25, -0.2) is 0 Å². The molecule has 0 unspecified atom stereocenters. The number of hydrogen-bond acceptors (Lipinski definition) is 3. The molecule has 0 atom stereocenters. The fourth-order valence-electron chi connectivity index (χ4n) is 1.75. The van der Waals surface area contributed by atoms with Crippen LogP contribution in [0.15, 0.2) is 36.4 Å². The summed E-state index contributed by atoms with van der Waals surface area (Å²) in [5.41, 5.74) is 0. The highest BCUT2D eigenvalue weighted by atomic mass is 35.5. The zero-order valence-corrected chi connectivity index (χ0v) is 14.8. The molecule has 0 aliphatic rings. The summed E-state index contributed by atoms with van der Waals surface area (Å²) in [7, 11) is 0. The van der Waals surface area contributed by atoms with Gasteiger partial charge in [-0.2, -0.15) is 0 Å². The first-order valence-corrected chi connectivity index (χ1v) is 8.20. The van der Waals surface area contributed by atoms with Gasteiger partial charge >= 0.3 is 0 Å². The van der Waals surface area contributed by atoms with E-state index in [0.717, 1.165) is 0 Å². The smallest absolute Gasteiger partial charge is 0.221 e. The lowest BCUT2D eigenvalue weighted by Gasteiger charge is -2.13. The highest BCUT2D eigenvalue weighted by Crippen LogP contribution is 2.37. The van der Waals surface area contributed by atoms with Crippen molar-refractivity contribution in [1.82, 2.24) is 0 Å². The summed E-state index contributed by atoms with van der Waals surface area (Å²) < 4.78 is 11.4. The van der Waals surface area contributed by atoms with Gasteiger partial charge < -0.3 is 9.47 Å². The molecular formula is C16H12Cl4O3. The van der Waals surface area contributed by atoms with Crippen molar-refractivity contribution in [1.29, 1.82) is 0 Å². The Morgan fingerprint density at radius 3 is 2.22 bits per heavy atom. The molecule has 0 N–H and O–H groups in total. The molecule has 0 heterocycles. The zero-order valence-electron chi connectivity index (χ0n) is 11.8. The average Bonchev–Trinajstić information content (AvgIpc) is 2.48. The van der Waals surface area contributed by atoms with Crippen LogP contribution in [0.4, 0.5) is 0 Å². The maximum atomic E-state index is 10.7. The van der Waals surface area contributed by atoms with Crippen molar-refractivity contribution in [2.75, 3.05) is 6.61 Å². The van der Waals surface area contributed by atoms with Crippen LogP contribution in [0.1, 0.15) is 12.8 Å². The molecule has 0 aliphatic carbocycles. The van der Waals surface area contributed by atoms with E-state index in [1.807, 2.05) is 0 Å². The summed E-state index contributed by atoms with van der Waals surface area (Å²) in [5.74, 6) is 1.35. The highest BCUT2D eigenvalue weighted by Gasteiger charge is 2.10. The third-order valence-electron chi connectivity index (χ3n) is 2.79. The maximum absolute atomic E-state index is 10.7. The van der Waals surface area contributed by atoms with Crippen LogP contribution in [0.3, 0.4) is 0 Å². The summed E-state index contributed by atoms with van der Waals surface area (Å²) in [6.45, 7) is 0.309. The number of carbonyl (C=O) groups excluding carboxylic acids is 1. The fraction of sp³-hybridized carbons (Fsp3) is 0.188. The topological polar surface area (TPSA) is 35.5 Å². The van der Waals surface area contributed by atoms with Crippen LogP contribution in [-0.4, -0.2) is 11.8 Å². The van der Waals surface area contributed by atoms with E-state index in [1.54, 1.807) is 36.4 Å². The molecule has 0 spiro atoms. The fourth-order valence-corrected chi connectivity index (χ4v) is 2.49. The van der Waals surface area contributed by atoms with E-state index in [2.05, 4.69) is 0 Å². The van der Waals surface area contributed by atoms with Crippen molar-refractivity contribution in [2.45, 2.75) is 12.8 Å². The lowest BCUT2D eigenvalue weighted by Crippen LogP contribution is -2.01. The Hall–Kier alpha value is -1.13. The van der Waals surface area contributed by atoms with E-state index in [9.17, 15) is 4.79 Å². The van der Waals surface area contributed by atoms with Crippen LogP contribution in [0, 0.1) is 0 Å². The van der Waals surface area contributed by atoms with Gasteiger partial charge in [-0.15, -0.1) is 0 Å². The third-order valence-corrected chi connectivity index (χ3v) is 3.75. The highest BCUT2D eigenvalue weighted by molar-refractivity contribution is 6.63. The predicted molar refractivity (Wildman–Crippen MR) is 93.6 cm³/mol. The molecule has 2 rings (SSSR count). The number of carbonyl (C=O) groups is 1. The van der Waals surface area contributed by atoms with Gasteiger partial charge in [-0.05, 0) is 48.4 Å². The van der Waals surface area contributed by atoms with Gasteiger partial charge in [-0.1, -0.05) is 34.8 Å². The summed E-state index contributed by atoms with van der Waals surface area (Å²) in [5, 5.41) is 0.999. The Balaban J connectivity index is 2.12. The molecular weight excluding hydrogens is 382 g/mol. The normalized spacial score (nSPS) is 10.4. The molecule has 7 heteroatoms. The number of halogens is 4. The van der Waals surface area contributed by atoms with Gasteiger partial charge in [0.2, 0.25) is 5.24 Å². The van der Waals surface area contributed by atoms with Crippen LogP contribution >= 0.6 is 46.4 Å². The van der Waals surface area contributed by atoms with Crippen molar-refractivity contribution in [3.05, 3.63) is 51.5 Å². The standard InChI is InChI=1S/C16H12Cl4O3/c17-10-3-5-13(12(19)8-10)23-14-6-4-11(18)9-15(14)22-7-1-2-16(20)21/h3-6,8-9H,1-2,7H2. The Kier molecular flexibility index (Phi) is 6.85. The molecule has 0 fully saturated rings. The third kappa shape index (κ3) is 5.78. The number of rotatable bonds is 7. The minimum atomic E-state index is -0.399. The second-order valence-corrected chi connectivity index (χ2v) is 6.28. The predicted octanol–water partition coefficient (Wildman–Crippen LogP) is 6.36. The summed E-state index contributed by atoms with van der Waals surface area (Å²) in [4.78, 5) is 10.7. The van der Waals surface area contributed by atoms with E-state index >= 15 is 0 Å². The maximum Gasteiger partial charge on any atom is 0.221 e. The second-order valence-electron chi connectivity index (χ2n) is 4.57. The number of benzene rings is 2. The first-order chi connectivity index (χ1) is 11.0. The minimum Gasteiger partial charge on any atom is -0.490 e. The number of ether oxygens (including phenoxy) is 2. The SMILES string of the molecule is O=C(Cl)CCCOc1cc(Cl)ccc1Oc1ccc(Cl)cc1Cl. The molecule has 23 heavy (non-hydrogen) atoms. The number of hydrogen-bond donors (Lipinski definition) is 0. The lowest BCUT2D eigenvalue weighted by molar-refractivity contribution is -0.111. The Labute approximate surface area is 154 Å². The van der Waals surface area contributed by atoms with Crippen molar-refractivity contribution < 1.29 is 14.3 Å². The van der Waals surface area contributed by atoms with E-state index in [-0.39, 0.29) is 6.42 Å². The van der Waals surface area contributed by atoms with Crippen molar-refractivity contribution in [3.8, 4) is 17.2 Å². The van der Waals surface area contributed by atoms with Crippen LogP contribution in [-0.2, 0) is 4.79 Å². The molecule has 122 valence electrons. The summed E-state index contributed by atoms with van der Waals surface area (Å²) in [6.07, 6.45) is 0.733. The Morgan fingerprint density at radius 2 is 1.57 bits per heavy atom.